The molecule has 4 heterocycles. The average molecular weight is 408 g/mol. The molecule has 3 aliphatic rings. The molecule has 6 nitrogen and oxygen atoms in total. The fraction of sp³-hybridized carbons (Fsp3) is 0.435. The van der Waals surface area contributed by atoms with Crippen LogP contribution in [0.3, 0.4) is 0 Å². The lowest BCUT2D eigenvalue weighted by Gasteiger charge is -2.23. The number of likely N-dealkylation sites (tertiary alicyclic amines) is 1. The number of hydrogen-bond acceptors (Lipinski definition) is 4. The summed E-state index contributed by atoms with van der Waals surface area (Å²) in [4.78, 5) is 32.7. The zero-order valence-corrected chi connectivity index (χ0v) is 17.0. The number of carbonyl (C=O) groups excluding carboxylic acids is 2. The van der Waals surface area contributed by atoms with Crippen molar-refractivity contribution in [2.75, 3.05) is 25.0 Å². The van der Waals surface area contributed by atoms with Crippen LogP contribution in [0.25, 0.3) is 11.1 Å². The lowest BCUT2D eigenvalue weighted by atomic mass is 9.96. The quantitative estimate of drug-likeness (QED) is 0.848. The van der Waals surface area contributed by atoms with E-state index in [9.17, 15) is 14.0 Å². The molecule has 30 heavy (non-hydrogen) atoms. The van der Waals surface area contributed by atoms with Gasteiger partial charge in [0.25, 0.3) is 0 Å². The van der Waals surface area contributed by atoms with Crippen LogP contribution < -0.4 is 10.2 Å². The van der Waals surface area contributed by atoms with Gasteiger partial charge in [0.05, 0.1) is 11.7 Å². The summed E-state index contributed by atoms with van der Waals surface area (Å²) in [6.45, 7) is 1.43. The zero-order valence-electron chi connectivity index (χ0n) is 17.0. The first kappa shape index (κ1) is 19.2. The Kier molecular flexibility index (Phi) is 4.58. The fourth-order valence-electron chi connectivity index (χ4n) is 5.02. The Hall–Kier alpha value is -2.80. The summed E-state index contributed by atoms with van der Waals surface area (Å²) in [5, 5.41) is 3.52. The van der Waals surface area contributed by atoms with E-state index in [0.717, 1.165) is 49.2 Å². The third-order valence-electron chi connectivity index (χ3n) is 6.72. The number of amides is 2. The van der Waals surface area contributed by atoms with Gasteiger partial charge in [0.2, 0.25) is 11.8 Å². The number of benzene rings is 1. The second-order valence-electron chi connectivity index (χ2n) is 8.58. The second-order valence-corrected chi connectivity index (χ2v) is 8.58. The molecule has 1 aromatic heterocycles. The average Bonchev–Trinajstić information content (AvgIpc) is 3.45. The van der Waals surface area contributed by atoms with Crippen LogP contribution in [0.5, 0.6) is 0 Å². The van der Waals surface area contributed by atoms with E-state index in [2.05, 4.69) is 10.3 Å². The van der Waals surface area contributed by atoms with Gasteiger partial charge in [0.1, 0.15) is 11.4 Å². The monoisotopic (exact) mass is 408 g/mol. The molecule has 5 rings (SSSR count). The Bertz CT molecular complexity index is 1030. The van der Waals surface area contributed by atoms with Gasteiger partial charge >= 0.3 is 0 Å². The molecule has 3 saturated heterocycles. The molecule has 0 unspecified atom stereocenters. The van der Waals surface area contributed by atoms with Crippen molar-refractivity contribution in [1.29, 1.82) is 0 Å². The lowest BCUT2D eigenvalue weighted by Crippen LogP contribution is -2.47. The number of likely N-dealkylation sites (N-methyl/N-ethyl adjacent to an activating group) is 1. The van der Waals surface area contributed by atoms with E-state index < -0.39 is 5.54 Å². The molecule has 1 N–H and O–H groups in total. The van der Waals surface area contributed by atoms with E-state index in [1.54, 1.807) is 34.2 Å². The molecule has 0 radical (unpaired) electrons. The van der Waals surface area contributed by atoms with Gasteiger partial charge in [-0.2, -0.15) is 0 Å². The highest BCUT2D eigenvalue weighted by Crippen LogP contribution is 2.39. The summed E-state index contributed by atoms with van der Waals surface area (Å²) in [6.07, 6.45) is 5.46. The smallest absolute Gasteiger partial charge is 0.242 e. The third kappa shape index (κ3) is 3.08. The number of carbonyl (C=O) groups is 2. The minimum atomic E-state index is -0.488. The van der Waals surface area contributed by atoms with Gasteiger partial charge in [-0.1, -0.05) is 0 Å². The van der Waals surface area contributed by atoms with Crippen molar-refractivity contribution in [3.63, 3.8) is 0 Å². The van der Waals surface area contributed by atoms with Crippen LogP contribution in [0.4, 0.5) is 10.1 Å². The number of pyridine rings is 1. The number of nitrogens with one attached hydrogen (secondary N) is 1. The maximum atomic E-state index is 14.7. The van der Waals surface area contributed by atoms with E-state index in [4.69, 9.17) is 0 Å². The molecule has 2 aromatic rings. The molecule has 1 aromatic carbocycles. The summed E-state index contributed by atoms with van der Waals surface area (Å²) in [7, 11) is 1.84. The predicted octanol–water partition coefficient (Wildman–Crippen LogP) is 3.04. The van der Waals surface area contributed by atoms with Crippen molar-refractivity contribution in [3.8, 4) is 11.1 Å². The summed E-state index contributed by atoms with van der Waals surface area (Å²) in [5.41, 5.74) is 2.24. The van der Waals surface area contributed by atoms with E-state index in [1.807, 2.05) is 13.1 Å². The highest BCUT2D eigenvalue weighted by Gasteiger charge is 2.50. The van der Waals surface area contributed by atoms with Crippen LogP contribution in [0.1, 0.15) is 43.8 Å². The standard InChI is InChI=1S/C23H25FN4O2/c1-27-12-9-23(22(27)30)8-6-19(26-23)20-13-15(7-10-25-20)17-14-16(4-5-18(17)24)28-11-2-3-21(28)29/h4-5,7,10,13-14,19,26H,2-3,6,8-9,11-12H2,1H3/t19-,23+/m1/s1. The first-order valence-electron chi connectivity index (χ1n) is 10.6. The Morgan fingerprint density at radius 3 is 2.77 bits per heavy atom. The second kappa shape index (κ2) is 7.16. The highest BCUT2D eigenvalue weighted by molar-refractivity contribution is 5.96. The predicted molar refractivity (Wildman–Crippen MR) is 111 cm³/mol. The summed E-state index contributed by atoms with van der Waals surface area (Å²) >= 11 is 0. The topological polar surface area (TPSA) is 65.5 Å². The summed E-state index contributed by atoms with van der Waals surface area (Å²) in [6, 6.07) is 8.48. The Labute approximate surface area is 175 Å². The molecule has 7 heteroatoms. The van der Waals surface area contributed by atoms with Gasteiger partial charge in [-0.3, -0.25) is 19.9 Å². The molecule has 1 spiro atoms. The first-order chi connectivity index (χ1) is 14.5. The molecule has 3 aliphatic heterocycles. The van der Waals surface area contributed by atoms with Crippen molar-refractivity contribution >= 4 is 17.5 Å². The van der Waals surface area contributed by atoms with Crippen molar-refractivity contribution in [1.82, 2.24) is 15.2 Å². The van der Waals surface area contributed by atoms with Gasteiger partial charge in [-0.15, -0.1) is 0 Å². The first-order valence-corrected chi connectivity index (χ1v) is 10.6. The Morgan fingerprint density at radius 2 is 2.03 bits per heavy atom. The van der Waals surface area contributed by atoms with Crippen molar-refractivity contribution in [2.24, 2.45) is 0 Å². The normalized spacial score (nSPS) is 26.4. The van der Waals surface area contributed by atoms with E-state index in [0.29, 0.717) is 18.5 Å². The van der Waals surface area contributed by atoms with Crippen LogP contribution in [0.2, 0.25) is 0 Å². The van der Waals surface area contributed by atoms with Crippen LogP contribution >= 0.6 is 0 Å². The largest absolute Gasteiger partial charge is 0.344 e. The van der Waals surface area contributed by atoms with Crippen LogP contribution in [0.15, 0.2) is 36.5 Å². The maximum absolute atomic E-state index is 14.7. The van der Waals surface area contributed by atoms with Crippen LogP contribution in [0, 0.1) is 5.82 Å². The number of anilines is 1. The molecule has 3 fully saturated rings. The van der Waals surface area contributed by atoms with Gasteiger partial charge in [0.15, 0.2) is 0 Å². The number of halogens is 1. The minimum absolute atomic E-state index is 0.0354. The van der Waals surface area contributed by atoms with Crippen LogP contribution in [-0.4, -0.2) is 47.4 Å². The Morgan fingerprint density at radius 1 is 1.17 bits per heavy atom. The molecule has 0 bridgehead atoms. The van der Waals surface area contributed by atoms with Crippen LogP contribution in [-0.2, 0) is 9.59 Å². The Balaban J connectivity index is 1.43. The van der Waals surface area contributed by atoms with Crippen molar-refractivity contribution in [3.05, 3.63) is 48.0 Å². The van der Waals surface area contributed by atoms with Crippen molar-refractivity contribution in [2.45, 2.75) is 43.7 Å². The van der Waals surface area contributed by atoms with Gasteiger partial charge in [0, 0.05) is 44.0 Å². The van der Waals surface area contributed by atoms with E-state index >= 15 is 0 Å². The number of nitrogens with zero attached hydrogens (tertiary/aromatic N) is 3. The van der Waals surface area contributed by atoms with Gasteiger partial charge in [-0.25, -0.2) is 4.39 Å². The maximum Gasteiger partial charge on any atom is 0.242 e. The van der Waals surface area contributed by atoms with E-state index in [-0.39, 0.29) is 23.7 Å². The lowest BCUT2D eigenvalue weighted by molar-refractivity contribution is -0.131. The highest BCUT2D eigenvalue weighted by atomic mass is 19.1. The third-order valence-corrected chi connectivity index (χ3v) is 6.72. The van der Waals surface area contributed by atoms with E-state index in [1.165, 1.54) is 6.07 Å². The molecule has 2 amide bonds. The minimum Gasteiger partial charge on any atom is -0.344 e. The van der Waals surface area contributed by atoms with Gasteiger partial charge in [-0.05, 0) is 61.6 Å². The molecule has 2 atom stereocenters. The number of aromatic nitrogens is 1. The summed E-state index contributed by atoms with van der Waals surface area (Å²) < 4.78 is 14.7. The molecule has 0 saturated carbocycles. The molecule has 156 valence electrons. The number of rotatable bonds is 3. The molecular formula is C23H25FN4O2. The zero-order chi connectivity index (χ0) is 20.9. The SMILES string of the molecule is CN1CC[C@@]2(CC[C@H](c3cc(-c4cc(N5CCCC5=O)ccc4F)ccn3)N2)C1=O. The fourth-order valence-corrected chi connectivity index (χ4v) is 5.02. The van der Waals surface area contributed by atoms with Gasteiger partial charge < -0.3 is 9.80 Å². The molecule has 0 aliphatic carbocycles. The number of hydrogen-bond donors (Lipinski definition) is 1. The summed E-state index contributed by atoms with van der Waals surface area (Å²) in [5.74, 6) is -0.101. The molecular weight excluding hydrogens is 383 g/mol. The van der Waals surface area contributed by atoms with Crippen molar-refractivity contribution < 1.29 is 14.0 Å².